The number of carbonyl (C=O) groups is 4. The van der Waals surface area contributed by atoms with Gasteiger partial charge < -0.3 is 33.8 Å². The van der Waals surface area contributed by atoms with Gasteiger partial charge in [0, 0.05) is 25.7 Å². The number of hydrogen-bond acceptors (Lipinski definition) is 15. The molecule has 96 heavy (non-hydrogen) atoms. The third-order valence-corrected chi connectivity index (χ3v) is 17.7. The fourth-order valence-corrected chi connectivity index (χ4v) is 11.6. The number of esters is 4. The smallest absolute Gasteiger partial charge is 0.462 e. The van der Waals surface area contributed by atoms with E-state index < -0.39 is 97.5 Å². The highest BCUT2D eigenvalue weighted by atomic mass is 31.2. The van der Waals surface area contributed by atoms with Gasteiger partial charge in [0.25, 0.3) is 0 Å². The lowest BCUT2D eigenvalue weighted by atomic mass is 10.0. The van der Waals surface area contributed by atoms with Crippen molar-refractivity contribution in [1.82, 2.24) is 0 Å². The van der Waals surface area contributed by atoms with E-state index in [-0.39, 0.29) is 25.7 Å². The van der Waals surface area contributed by atoms with Gasteiger partial charge in [-0.3, -0.25) is 37.3 Å². The molecule has 0 spiro atoms. The summed E-state index contributed by atoms with van der Waals surface area (Å²) in [5.74, 6) is -2.21. The van der Waals surface area contributed by atoms with Crippen LogP contribution in [0.15, 0.2) is 85.1 Å². The summed E-state index contributed by atoms with van der Waals surface area (Å²) in [7, 11) is -9.95. The summed E-state index contributed by atoms with van der Waals surface area (Å²) < 4.78 is 68.4. The summed E-state index contributed by atoms with van der Waals surface area (Å²) in [6, 6.07) is 0. The Bertz CT molecular complexity index is 2160. The van der Waals surface area contributed by atoms with Gasteiger partial charge in [-0.1, -0.05) is 267 Å². The van der Waals surface area contributed by atoms with Gasteiger partial charge in [-0.25, -0.2) is 9.13 Å². The van der Waals surface area contributed by atoms with Gasteiger partial charge in [-0.15, -0.1) is 0 Å². The van der Waals surface area contributed by atoms with Crippen LogP contribution in [0, 0.1) is 0 Å². The van der Waals surface area contributed by atoms with Gasteiger partial charge in [0.1, 0.15) is 19.3 Å². The molecule has 0 aromatic heterocycles. The predicted molar refractivity (Wildman–Crippen MR) is 390 cm³/mol. The van der Waals surface area contributed by atoms with Crippen LogP contribution in [0.1, 0.15) is 323 Å². The Labute approximate surface area is 583 Å². The third kappa shape index (κ3) is 68.8. The minimum Gasteiger partial charge on any atom is -0.462 e. The van der Waals surface area contributed by atoms with Crippen LogP contribution in [-0.4, -0.2) is 96.7 Å². The summed E-state index contributed by atoms with van der Waals surface area (Å²) in [4.78, 5) is 72.7. The Kier molecular flexibility index (Phi) is 67.0. The van der Waals surface area contributed by atoms with Crippen molar-refractivity contribution in [1.29, 1.82) is 0 Å². The Morgan fingerprint density at radius 3 is 0.896 bits per heavy atom. The zero-order chi connectivity index (χ0) is 70.4. The molecule has 19 heteroatoms. The first kappa shape index (κ1) is 92.2. The maximum absolute atomic E-state index is 13.1. The fraction of sp³-hybridized carbons (Fsp3) is 0.766. The van der Waals surface area contributed by atoms with E-state index in [1.165, 1.54) is 83.5 Å². The molecule has 5 atom stereocenters. The number of carbonyl (C=O) groups excluding carboxylic acids is 4. The second kappa shape index (κ2) is 69.7. The van der Waals surface area contributed by atoms with Crippen molar-refractivity contribution >= 4 is 39.5 Å². The number of aliphatic hydroxyl groups excluding tert-OH is 1. The molecule has 3 N–H and O–H groups in total. The monoisotopic (exact) mass is 1390 g/mol. The highest BCUT2D eigenvalue weighted by Crippen LogP contribution is 2.45. The number of phosphoric acid groups is 2. The Morgan fingerprint density at radius 2 is 0.552 bits per heavy atom. The third-order valence-electron chi connectivity index (χ3n) is 15.8. The molecular weight excluding hydrogens is 1260 g/mol. The second-order valence-electron chi connectivity index (χ2n) is 25.2. The molecule has 0 saturated carbocycles. The predicted octanol–water partition coefficient (Wildman–Crippen LogP) is 21.4. The molecule has 5 unspecified atom stereocenters. The quantitative estimate of drug-likeness (QED) is 0.0169. The molecular formula is C77H136O17P2. The van der Waals surface area contributed by atoms with Gasteiger partial charge >= 0.3 is 39.5 Å². The van der Waals surface area contributed by atoms with E-state index >= 15 is 0 Å². The maximum atomic E-state index is 13.1. The van der Waals surface area contributed by atoms with Crippen molar-refractivity contribution in [3.8, 4) is 0 Å². The summed E-state index contributed by atoms with van der Waals surface area (Å²) in [5.41, 5.74) is 0. The van der Waals surface area contributed by atoms with E-state index in [1.54, 1.807) is 0 Å². The van der Waals surface area contributed by atoms with Gasteiger partial charge in [-0.05, 0) is 116 Å². The van der Waals surface area contributed by atoms with E-state index in [4.69, 9.17) is 37.0 Å². The molecule has 0 heterocycles. The number of rotatable bonds is 71. The van der Waals surface area contributed by atoms with Crippen molar-refractivity contribution in [2.75, 3.05) is 39.6 Å². The van der Waals surface area contributed by atoms with Crippen LogP contribution in [0.3, 0.4) is 0 Å². The lowest BCUT2D eigenvalue weighted by Crippen LogP contribution is -2.30. The van der Waals surface area contributed by atoms with Crippen LogP contribution in [0.2, 0.25) is 0 Å². The van der Waals surface area contributed by atoms with Crippen molar-refractivity contribution in [2.45, 2.75) is 341 Å². The Balaban J connectivity index is 5.33. The normalized spacial score (nSPS) is 14.4. The molecule has 0 fully saturated rings. The van der Waals surface area contributed by atoms with Crippen LogP contribution < -0.4 is 0 Å². The molecule has 0 bridgehead atoms. The fourth-order valence-electron chi connectivity index (χ4n) is 10.0. The van der Waals surface area contributed by atoms with Crippen molar-refractivity contribution in [3.05, 3.63) is 85.1 Å². The topological polar surface area (TPSA) is 237 Å². The van der Waals surface area contributed by atoms with E-state index in [1.807, 2.05) is 0 Å². The van der Waals surface area contributed by atoms with E-state index in [9.17, 15) is 43.2 Å². The highest BCUT2D eigenvalue weighted by molar-refractivity contribution is 7.47. The van der Waals surface area contributed by atoms with E-state index in [0.29, 0.717) is 25.7 Å². The summed E-state index contributed by atoms with van der Waals surface area (Å²) in [6.07, 6.45) is 70.0. The first-order valence-electron chi connectivity index (χ1n) is 37.8. The van der Waals surface area contributed by atoms with Crippen LogP contribution >= 0.6 is 15.6 Å². The van der Waals surface area contributed by atoms with Crippen LogP contribution in [-0.2, 0) is 65.4 Å². The van der Waals surface area contributed by atoms with Crippen molar-refractivity contribution in [3.63, 3.8) is 0 Å². The average molecular weight is 1400 g/mol. The number of hydrogen-bond donors (Lipinski definition) is 3. The zero-order valence-electron chi connectivity index (χ0n) is 60.5. The van der Waals surface area contributed by atoms with Crippen molar-refractivity contribution in [2.24, 2.45) is 0 Å². The molecule has 556 valence electrons. The standard InChI is InChI=1S/C77H136O17P2/c1-5-9-13-17-21-25-29-32-34-35-37-40-43-46-50-54-58-62-75(80)88-68-73(94-77(82)64-60-56-52-48-44-38-31-27-23-19-15-11-7-3)70-92-96(85,86)90-66-71(78)65-89-95(83,84)91-69-72(93-76(81)63-59-55-51-47-41-28-24-20-16-12-8-4)67-87-74(79)61-57-53-49-45-42-39-36-33-30-26-22-18-14-10-6-2/h9,13,20-22,24-26,32-34,36-37,40,71-73,78H,5-8,10-12,14-19,23,27-31,35,38-39,41-70H2,1-4H3,(H,83,84)(H,85,86)/b13-9-,24-20-,25-21-,26-22-,34-32-,36-33-,40-37-. The van der Waals surface area contributed by atoms with Gasteiger partial charge in [0.05, 0.1) is 26.4 Å². The first-order chi connectivity index (χ1) is 46.7. The first-order valence-corrected chi connectivity index (χ1v) is 40.8. The number of allylic oxidation sites excluding steroid dienone is 14. The van der Waals surface area contributed by atoms with Crippen LogP contribution in [0.5, 0.6) is 0 Å². The summed E-state index contributed by atoms with van der Waals surface area (Å²) in [6.45, 7) is 4.67. The van der Waals surface area contributed by atoms with E-state index in [0.717, 1.165) is 161 Å². The molecule has 0 radical (unpaired) electrons. The van der Waals surface area contributed by atoms with Crippen LogP contribution in [0.4, 0.5) is 0 Å². The highest BCUT2D eigenvalue weighted by Gasteiger charge is 2.30. The second-order valence-corrected chi connectivity index (χ2v) is 28.1. The zero-order valence-corrected chi connectivity index (χ0v) is 62.3. The molecule has 17 nitrogen and oxygen atoms in total. The molecule has 0 rings (SSSR count). The van der Waals surface area contributed by atoms with Gasteiger partial charge in [0.2, 0.25) is 0 Å². The maximum Gasteiger partial charge on any atom is 0.472 e. The molecule has 0 aromatic carbocycles. The molecule has 0 aliphatic carbocycles. The number of ether oxygens (including phenoxy) is 4. The minimum absolute atomic E-state index is 0.0827. The molecule has 0 aliphatic rings. The molecule has 0 saturated heterocycles. The lowest BCUT2D eigenvalue weighted by Gasteiger charge is -2.21. The van der Waals surface area contributed by atoms with Gasteiger partial charge in [-0.2, -0.15) is 0 Å². The largest absolute Gasteiger partial charge is 0.472 e. The number of unbranched alkanes of at least 4 members (excludes halogenated alkanes) is 31. The molecule has 0 amide bonds. The van der Waals surface area contributed by atoms with E-state index in [2.05, 4.69) is 113 Å². The van der Waals surface area contributed by atoms with Crippen molar-refractivity contribution < 1.29 is 80.2 Å². The Hall–Kier alpha value is -3.76. The summed E-state index contributed by atoms with van der Waals surface area (Å²) >= 11 is 0. The average Bonchev–Trinajstić information content (AvgIpc) is 1.17. The number of phosphoric ester groups is 2. The lowest BCUT2D eigenvalue weighted by molar-refractivity contribution is -0.161. The van der Waals surface area contributed by atoms with Crippen LogP contribution in [0.25, 0.3) is 0 Å². The molecule has 0 aliphatic heterocycles. The SMILES string of the molecule is CC/C=C\C/C=C\C/C=C\C/C=C\CCCCCCC(=O)OCC(COP(=O)(O)OCC(O)COP(=O)(O)OCC(COC(=O)CCCCCCC/C=C\C/C=C\CCCCC)OC(=O)CCCCCCC/C=C\CCCC)OC(=O)CCCCCCCCCCCCCCC. The summed E-state index contributed by atoms with van der Waals surface area (Å²) in [5, 5.41) is 10.6. The molecule has 0 aromatic rings. The Morgan fingerprint density at radius 1 is 0.302 bits per heavy atom. The number of aliphatic hydroxyl groups is 1. The van der Waals surface area contributed by atoms with Gasteiger partial charge in [0.15, 0.2) is 12.2 Å². The minimum atomic E-state index is -4.97.